The van der Waals surface area contributed by atoms with Crippen molar-refractivity contribution in [2.75, 3.05) is 13.2 Å². The molecule has 0 N–H and O–H groups in total. The van der Waals surface area contributed by atoms with E-state index in [1.807, 2.05) is 0 Å². The summed E-state index contributed by atoms with van der Waals surface area (Å²) in [5.41, 5.74) is 0. The van der Waals surface area contributed by atoms with Gasteiger partial charge in [-0.2, -0.15) is 0 Å². The predicted molar refractivity (Wildman–Crippen MR) is 115 cm³/mol. The Morgan fingerprint density at radius 2 is 0.815 bits per heavy atom. The smallest absolute Gasteiger partial charge is 0.155 e. The van der Waals surface area contributed by atoms with Crippen LogP contribution in [0.25, 0.3) is 0 Å². The van der Waals surface area contributed by atoms with Gasteiger partial charge >= 0.3 is 0 Å². The quantitative estimate of drug-likeness (QED) is 0.154. The van der Waals surface area contributed by atoms with Crippen molar-refractivity contribution >= 4 is 11.6 Å². The Labute approximate surface area is 167 Å². The second-order valence-electron chi connectivity index (χ2n) is 7.40. The summed E-state index contributed by atoms with van der Waals surface area (Å²) in [5.74, 6) is 0.341. The first kappa shape index (κ1) is 25.8. The van der Waals surface area contributed by atoms with Gasteiger partial charge in [-0.05, 0) is 37.8 Å². The van der Waals surface area contributed by atoms with Gasteiger partial charge in [0.25, 0.3) is 0 Å². The highest BCUT2D eigenvalue weighted by Crippen LogP contribution is 2.10. The third-order valence-electron chi connectivity index (χ3n) is 4.88. The van der Waals surface area contributed by atoms with Crippen LogP contribution < -0.4 is 0 Å². The molecule has 0 aromatic rings. The van der Waals surface area contributed by atoms with Crippen molar-refractivity contribution in [2.45, 2.75) is 103 Å². The summed E-state index contributed by atoms with van der Waals surface area (Å²) < 4.78 is 5.71. The molecule has 0 saturated carbocycles. The van der Waals surface area contributed by atoms with Crippen LogP contribution in [-0.4, -0.2) is 24.8 Å². The third kappa shape index (κ3) is 20.9. The summed E-state index contributed by atoms with van der Waals surface area (Å²) in [5, 5.41) is 0. The molecule has 0 fully saturated rings. The third-order valence-corrected chi connectivity index (χ3v) is 4.88. The number of allylic oxidation sites excluding steroid dienone is 2. The van der Waals surface area contributed by atoms with E-state index in [0.717, 1.165) is 38.9 Å². The molecule has 3 heteroatoms. The van der Waals surface area contributed by atoms with Crippen LogP contribution in [0.5, 0.6) is 0 Å². The monoisotopic (exact) mass is 378 g/mol. The molecule has 0 saturated heterocycles. The van der Waals surface area contributed by atoms with E-state index in [2.05, 4.69) is 13.2 Å². The number of ketones is 2. The lowest BCUT2D eigenvalue weighted by Crippen LogP contribution is -1.97. The molecule has 0 aliphatic heterocycles. The molecule has 0 unspecified atom stereocenters. The fraction of sp³-hybridized carbons (Fsp3) is 0.750. The lowest BCUT2D eigenvalue weighted by molar-refractivity contribution is -0.115. The van der Waals surface area contributed by atoms with Crippen molar-refractivity contribution in [3.8, 4) is 0 Å². The molecule has 0 aliphatic rings. The van der Waals surface area contributed by atoms with Crippen molar-refractivity contribution in [3.63, 3.8) is 0 Å². The zero-order valence-corrected chi connectivity index (χ0v) is 17.5. The van der Waals surface area contributed by atoms with Crippen molar-refractivity contribution in [1.29, 1.82) is 0 Å². The molecule has 0 heterocycles. The second-order valence-corrected chi connectivity index (χ2v) is 7.40. The predicted octanol–water partition coefficient (Wildman–Crippen LogP) is 6.75. The lowest BCUT2D eigenvalue weighted by Gasteiger charge is -2.05. The van der Waals surface area contributed by atoms with Gasteiger partial charge in [0, 0.05) is 26.1 Å². The Morgan fingerprint density at radius 1 is 0.519 bits per heavy atom. The Balaban J connectivity index is 3.07. The molecule has 0 rings (SSSR count). The molecule has 0 amide bonds. The van der Waals surface area contributed by atoms with E-state index in [4.69, 9.17) is 4.74 Å². The standard InChI is InChI=1S/C24H42O3/c1-3-23(25)19-15-11-7-5-9-13-17-21-27-22-18-14-10-6-8-12-16-20-24(26)4-2/h3-4H,1-2,5-22H2. The Hall–Kier alpha value is -1.22. The Bertz CT molecular complexity index is 351. The van der Waals surface area contributed by atoms with Gasteiger partial charge in [0.1, 0.15) is 0 Å². The molecule has 156 valence electrons. The zero-order chi connectivity index (χ0) is 20.0. The molecule has 0 atom stereocenters. The summed E-state index contributed by atoms with van der Waals surface area (Å²) >= 11 is 0. The maximum Gasteiger partial charge on any atom is 0.155 e. The minimum Gasteiger partial charge on any atom is -0.381 e. The van der Waals surface area contributed by atoms with Crippen LogP contribution in [0.15, 0.2) is 25.3 Å². The van der Waals surface area contributed by atoms with Crippen LogP contribution in [0.2, 0.25) is 0 Å². The summed E-state index contributed by atoms with van der Waals surface area (Å²) in [6.07, 6.45) is 20.9. The lowest BCUT2D eigenvalue weighted by atomic mass is 10.1. The summed E-state index contributed by atoms with van der Waals surface area (Å²) in [6, 6.07) is 0. The van der Waals surface area contributed by atoms with Gasteiger partial charge < -0.3 is 4.74 Å². The number of carbonyl (C=O) groups excluding carboxylic acids is 2. The van der Waals surface area contributed by atoms with Gasteiger partial charge in [-0.25, -0.2) is 0 Å². The molecular weight excluding hydrogens is 336 g/mol. The summed E-state index contributed by atoms with van der Waals surface area (Å²) in [4.78, 5) is 22.1. The fourth-order valence-electron chi connectivity index (χ4n) is 3.08. The number of carbonyl (C=O) groups is 2. The number of ether oxygens (including phenoxy) is 1. The highest BCUT2D eigenvalue weighted by atomic mass is 16.5. The van der Waals surface area contributed by atoms with Crippen LogP contribution >= 0.6 is 0 Å². The summed E-state index contributed by atoms with van der Waals surface area (Å²) in [7, 11) is 0. The molecule has 0 bridgehead atoms. The minimum atomic E-state index is 0.170. The fourth-order valence-corrected chi connectivity index (χ4v) is 3.08. The van der Waals surface area contributed by atoms with Gasteiger partial charge in [-0.3, -0.25) is 9.59 Å². The average Bonchev–Trinajstić information content (AvgIpc) is 2.69. The van der Waals surface area contributed by atoms with Crippen LogP contribution in [0.4, 0.5) is 0 Å². The molecular formula is C24H42O3. The van der Waals surface area contributed by atoms with Crippen LogP contribution in [-0.2, 0) is 14.3 Å². The highest BCUT2D eigenvalue weighted by Gasteiger charge is 1.98. The van der Waals surface area contributed by atoms with Crippen LogP contribution in [0.3, 0.4) is 0 Å². The van der Waals surface area contributed by atoms with Crippen LogP contribution in [0.1, 0.15) is 103 Å². The first-order valence-corrected chi connectivity index (χ1v) is 11.1. The molecule has 27 heavy (non-hydrogen) atoms. The maximum absolute atomic E-state index is 11.1. The topological polar surface area (TPSA) is 43.4 Å². The molecule has 0 aliphatic carbocycles. The number of hydrogen-bond acceptors (Lipinski definition) is 3. The van der Waals surface area contributed by atoms with Crippen molar-refractivity contribution < 1.29 is 14.3 Å². The first-order chi connectivity index (χ1) is 13.2. The Morgan fingerprint density at radius 3 is 1.15 bits per heavy atom. The molecule has 3 nitrogen and oxygen atoms in total. The normalized spacial score (nSPS) is 10.7. The van der Waals surface area contributed by atoms with Gasteiger partial charge in [0.2, 0.25) is 0 Å². The van der Waals surface area contributed by atoms with E-state index in [1.165, 1.54) is 76.4 Å². The minimum absolute atomic E-state index is 0.170. The van der Waals surface area contributed by atoms with E-state index >= 15 is 0 Å². The number of hydrogen-bond donors (Lipinski definition) is 0. The van der Waals surface area contributed by atoms with E-state index in [1.54, 1.807) is 0 Å². The number of rotatable bonds is 22. The van der Waals surface area contributed by atoms with E-state index < -0.39 is 0 Å². The SMILES string of the molecule is C=CC(=O)CCCCCCCCCOCCCCCCCCCC(=O)C=C. The largest absolute Gasteiger partial charge is 0.381 e. The molecule has 0 spiro atoms. The first-order valence-electron chi connectivity index (χ1n) is 11.1. The molecule has 0 radical (unpaired) electrons. The van der Waals surface area contributed by atoms with Crippen molar-refractivity contribution in [1.82, 2.24) is 0 Å². The second kappa shape index (κ2) is 21.1. The molecule has 0 aromatic heterocycles. The van der Waals surface area contributed by atoms with Gasteiger partial charge in [-0.15, -0.1) is 0 Å². The van der Waals surface area contributed by atoms with E-state index in [0.29, 0.717) is 12.8 Å². The Kier molecular flexibility index (Phi) is 20.1. The maximum atomic E-state index is 11.1. The summed E-state index contributed by atoms with van der Waals surface area (Å²) in [6.45, 7) is 8.77. The van der Waals surface area contributed by atoms with Gasteiger partial charge in [0.05, 0.1) is 0 Å². The van der Waals surface area contributed by atoms with Gasteiger partial charge in [-0.1, -0.05) is 77.4 Å². The highest BCUT2D eigenvalue weighted by molar-refractivity contribution is 5.89. The van der Waals surface area contributed by atoms with Crippen LogP contribution in [0, 0.1) is 0 Å². The van der Waals surface area contributed by atoms with E-state index in [9.17, 15) is 9.59 Å². The molecule has 0 aromatic carbocycles. The average molecular weight is 379 g/mol. The van der Waals surface area contributed by atoms with Crippen molar-refractivity contribution in [2.24, 2.45) is 0 Å². The number of unbranched alkanes of at least 4 members (excludes halogenated alkanes) is 12. The van der Waals surface area contributed by atoms with E-state index in [-0.39, 0.29) is 11.6 Å². The van der Waals surface area contributed by atoms with Crippen molar-refractivity contribution in [3.05, 3.63) is 25.3 Å². The zero-order valence-electron chi connectivity index (χ0n) is 17.5. The van der Waals surface area contributed by atoms with Gasteiger partial charge in [0.15, 0.2) is 11.6 Å².